The third-order valence-electron chi connectivity index (χ3n) is 1.77. The van der Waals surface area contributed by atoms with Crippen molar-refractivity contribution >= 4 is 11.7 Å². The maximum absolute atomic E-state index is 12.7. The molecule has 0 bridgehead atoms. The smallest absolute Gasteiger partial charge is 0.344 e. The Kier molecular flexibility index (Phi) is 3.39. The number of carboxylic acid groups (broad SMARTS) is 1. The first-order valence-electron chi connectivity index (χ1n) is 4.25. The molecule has 16 heavy (non-hydrogen) atoms. The highest BCUT2D eigenvalue weighted by Crippen LogP contribution is 2.28. The van der Waals surface area contributed by atoms with Crippen molar-refractivity contribution in [3.63, 3.8) is 0 Å². The first kappa shape index (κ1) is 11.9. The standard InChI is InChI=1S/C9H8FNO5/c1-5(9(12)13)16-8-3-2-6(10)4-7(8)11(14)15/h2-5H,1H3,(H,12,13)/t5-/m0/s1. The highest BCUT2D eigenvalue weighted by molar-refractivity contribution is 5.72. The second kappa shape index (κ2) is 4.56. The average molecular weight is 229 g/mol. The minimum atomic E-state index is -1.27. The number of rotatable bonds is 4. The van der Waals surface area contributed by atoms with Crippen LogP contribution < -0.4 is 4.74 Å². The SMILES string of the molecule is C[C@H](Oc1ccc(F)cc1[N+](=O)[O-])C(=O)O. The number of nitro benzene ring substituents is 1. The molecule has 6 nitrogen and oxygen atoms in total. The fourth-order valence-corrected chi connectivity index (χ4v) is 0.974. The lowest BCUT2D eigenvalue weighted by Crippen LogP contribution is -2.23. The summed E-state index contributed by atoms with van der Waals surface area (Å²) in [5.74, 6) is -2.33. The van der Waals surface area contributed by atoms with Gasteiger partial charge >= 0.3 is 11.7 Å². The summed E-state index contributed by atoms with van der Waals surface area (Å²) in [4.78, 5) is 20.2. The van der Waals surface area contributed by atoms with E-state index in [0.717, 1.165) is 12.1 Å². The van der Waals surface area contributed by atoms with Gasteiger partial charge in [0.05, 0.1) is 11.0 Å². The third kappa shape index (κ3) is 2.66. The maximum Gasteiger partial charge on any atom is 0.344 e. The molecule has 0 unspecified atom stereocenters. The first-order chi connectivity index (χ1) is 7.41. The van der Waals surface area contributed by atoms with Crippen molar-refractivity contribution in [3.05, 3.63) is 34.1 Å². The highest BCUT2D eigenvalue weighted by atomic mass is 19.1. The summed E-state index contributed by atoms with van der Waals surface area (Å²) in [6, 6.07) is 2.65. The van der Waals surface area contributed by atoms with Crippen LogP contribution in [0.5, 0.6) is 5.75 Å². The molecule has 0 aliphatic heterocycles. The van der Waals surface area contributed by atoms with Gasteiger partial charge in [-0.1, -0.05) is 0 Å². The van der Waals surface area contributed by atoms with Gasteiger partial charge in [0.25, 0.3) is 0 Å². The molecule has 1 aromatic carbocycles. The Labute approximate surface area is 89.4 Å². The van der Waals surface area contributed by atoms with Gasteiger partial charge in [-0.3, -0.25) is 10.1 Å². The molecule has 0 aromatic heterocycles. The van der Waals surface area contributed by atoms with Gasteiger partial charge in [0.15, 0.2) is 11.9 Å². The van der Waals surface area contributed by atoms with E-state index in [2.05, 4.69) is 0 Å². The van der Waals surface area contributed by atoms with Crippen LogP contribution in [0.4, 0.5) is 10.1 Å². The number of carboxylic acids is 1. The van der Waals surface area contributed by atoms with E-state index in [-0.39, 0.29) is 5.75 Å². The van der Waals surface area contributed by atoms with E-state index in [1.54, 1.807) is 0 Å². The fraction of sp³-hybridized carbons (Fsp3) is 0.222. The zero-order valence-corrected chi connectivity index (χ0v) is 8.21. The Morgan fingerprint density at radius 1 is 1.62 bits per heavy atom. The molecule has 0 amide bonds. The number of hydrogen-bond donors (Lipinski definition) is 1. The van der Waals surface area contributed by atoms with Gasteiger partial charge in [-0.2, -0.15) is 0 Å². The van der Waals surface area contributed by atoms with E-state index in [9.17, 15) is 19.3 Å². The molecule has 0 saturated carbocycles. The lowest BCUT2D eigenvalue weighted by atomic mass is 10.3. The Balaban J connectivity index is 3.04. The van der Waals surface area contributed by atoms with E-state index in [0.29, 0.717) is 6.07 Å². The van der Waals surface area contributed by atoms with Crippen molar-refractivity contribution in [2.75, 3.05) is 0 Å². The van der Waals surface area contributed by atoms with Crippen molar-refractivity contribution in [3.8, 4) is 5.75 Å². The summed E-state index contributed by atoms with van der Waals surface area (Å²) in [6.45, 7) is 1.22. The summed E-state index contributed by atoms with van der Waals surface area (Å²) in [5, 5.41) is 19.1. The number of halogens is 1. The molecule has 0 saturated heterocycles. The molecule has 1 atom stereocenters. The Bertz CT molecular complexity index is 434. The maximum atomic E-state index is 12.7. The summed E-state index contributed by atoms with van der Waals surface area (Å²) < 4.78 is 17.5. The van der Waals surface area contributed by atoms with Gasteiger partial charge in [-0.15, -0.1) is 0 Å². The van der Waals surface area contributed by atoms with E-state index in [1.165, 1.54) is 6.92 Å². The van der Waals surface area contributed by atoms with Gasteiger partial charge < -0.3 is 9.84 Å². The molecular formula is C9H8FNO5. The van der Waals surface area contributed by atoms with Crippen molar-refractivity contribution < 1.29 is 24.0 Å². The Morgan fingerprint density at radius 3 is 2.75 bits per heavy atom. The van der Waals surface area contributed by atoms with Crippen molar-refractivity contribution in [2.45, 2.75) is 13.0 Å². The van der Waals surface area contributed by atoms with E-state index in [1.807, 2.05) is 0 Å². The molecule has 1 aromatic rings. The molecule has 0 fully saturated rings. The van der Waals surface area contributed by atoms with Gasteiger partial charge in [-0.25, -0.2) is 9.18 Å². The van der Waals surface area contributed by atoms with Gasteiger partial charge in [0, 0.05) is 0 Å². The topological polar surface area (TPSA) is 89.7 Å². The van der Waals surface area contributed by atoms with Crippen LogP contribution in [0.15, 0.2) is 18.2 Å². The van der Waals surface area contributed by atoms with Crippen LogP contribution in [-0.2, 0) is 4.79 Å². The summed E-state index contributed by atoms with van der Waals surface area (Å²) in [6.07, 6.45) is -1.25. The third-order valence-corrected chi connectivity index (χ3v) is 1.77. The molecule has 0 aliphatic carbocycles. The monoisotopic (exact) mass is 229 g/mol. The van der Waals surface area contributed by atoms with E-state index >= 15 is 0 Å². The van der Waals surface area contributed by atoms with Gasteiger partial charge in [0.2, 0.25) is 0 Å². The summed E-state index contributed by atoms with van der Waals surface area (Å²) >= 11 is 0. The predicted molar refractivity (Wildman–Crippen MR) is 50.8 cm³/mol. The zero-order valence-electron chi connectivity index (χ0n) is 8.21. The van der Waals surface area contributed by atoms with Crippen LogP contribution in [0, 0.1) is 15.9 Å². The Hall–Kier alpha value is -2.18. The molecular weight excluding hydrogens is 221 g/mol. The molecule has 0 radical (unpaired) electrons. The second-order valence-electron chi connectivity index (χ2n) is 2.97. The minimum Gasteiger partial charge on any atom is -0.479 e. The van der Waals surface area contributed by atoms with E-state index < -0.39 is 28.5 Å². The number of nitro groups is 1. The molecule has 7 heteroatoms. The van der Waals surface area contributed by atoms with Crippen LogP contribution >= 0.6 is 0 Å². The molecule has 0 heterocycles. The van der Waals surface area contributed by atoms with Crippen LogP contribution in [0.2, 0.25) is 0 Å². The molecule has 1 rings (SSSR count). The molecule has 0 spiro atoms. The largest absolute Gasteiger partial charge is 0.479 e. The van der Waals surface area contributed by atoms with Crippen LogP contribution in [0.25, 0.3) is 0 Å². The Morgan fingerprint density at radius 2 is 2.25 bits per heavy atom. The predicted octanol–water partition coefficient (Wildman–Crippen LogP) is 1.59. The van der Waals surface area contributed by atoms with Crippen LogP contribution in [-0.4, -0.2) is 22.1 Å². The average Bonchev–Trinajstić information content (AvgIpc) is 2.20. The van der Waals surface area contributed by atoms with Crippen molar-refractivity contribution in [1.29, 1.82) is 0 Å². The first-order valence-corrected chi connectivity index (χ1v) is 4.25. The number of nitrogens with zero attached hydrogens (tertiary/aromatic N) is 1. The quantitative estimate of drug-likeness (QED) is 0.625. The summed E-state index contributed by atoms with van der Waals surface area (Å²) in [5.41, 5.74) is -0.604. The lowest BCUT2D eigenvalue weighted by molar-refractivity contribution is -0.386. The number of benzene rings is 1. The van der Waals surface area contributed by atoms with Gasteiger partial charge in [-0.05, 0) is 19.1 Å². The van der Waals surface area contributed by atoms with Crippen LogP contribution in [0.1, 0.15) is 6.92 Å². The van der Waals surface area contributed by atoms with Crippen molar-refractivity contribution in [1.82, 2.24) is 0 Å². The molecule has 0 aliphatic rings. The molecule has 1 N–H and O–H groups in total. The zero-order chi connectivity index (χ0) is 12.3. The van der Waals surface area contributed by atoms with Crippen LogP contribution in [0.3, 0.4) is 0 Å². The second-order valence-corrected chi connectivity index (χ2v) is 2.97. The van der Waals surface area contributed by atoms with Gasteiger partial charge in [0.1, 0.15) is 5.82 Å². The number of carbonyl (C=O) groups is 1. The number of ether oxygens (including phenoxy) is 1. The van der Waals surface area contributed by atoms with Crippen molar-refractivity contribution in [2.24, 2.45) is 0 Å². The number of aliphatic carboxylic acids is 1. The molecule has 86 valence electrons. The number of hydrogen-bond acceptors (Lipinski definition) is 4. The lowest BCUT2D eigenvalue weighted by Gasteiger charge is -2.10. The fourth-order valence-electron chi connectivity index (χ4n) is 0.974. The minimum absolute atomic E-state index is 0.277. The summed E-state index contributed by atoms with van der Waals surface area (Å²) in [7, 11) is 0. The highest BCUT2D eigenvalue weighted by Gasteiger charge is 2.21. The normalized spacial score (nSPS) is 11.9. The van der Waals surface area contributed by atoms with E-state index in [4.69, 9.17) is 9.84 Å².